The van der Waals surface area contributed by atoms with Crippen LogP contribution in [0.15, 0.2) is 21.2 Å². The minimum atomic E-state index is -1.12. The number of carbonyl (C=O) groups excluding carboxylic acids is 1. The van der Waals surface area contributed by atoms with Crippen LogP contribution >= 0.6 is 15.9 Å². The molecular formula is C10H10BrNO5. The summed E-state index contributed by atoms with van der Waals surface area (Å²) < 4.78 is 5.47. The molecule has 2 N–H and O–H groups in total. The van der Waals surface area contributed by atoms with Crippen LogP contribution in [0.1, 0.15) is 17.0 Å². The smallest absolute Gasteiger partial charge is 0.326 e. The largest absolute Gasteiger partial charge is 0.480 e. The third kappa shape index (κ3) is 2.34. The summed E-state index contributed by atoms with van der Waals surface area (Å²) in [6.07, 6.45) is -0.762. The molecule has 2 rings (SSSR count). The number of hydrogen-bond acceptors (Lipinski definition) is 4. The zero-order valence-corrected chi connectivity index (χ0v) is 10.3. The fourth-order valence-electron chi connectivity index (χ4n) is 1.84. The molecule has 2 atom stereocenters. The predicted molar refractivity (Wildman–Crippen MR) is 59.5 cm³/mol. The topological polar surface area (TPSA) is 91.0 Å². The molecule has 1 amide bonds. The van der Waals surface area contributed by atoms with Gasteiger partial charge in [-0.3, -0.25) is 4.79 Å². The number of nitrogens with zero attached hydrogens (tertiary/aromatic N) is 1. The number of likely N-dealkylation sites (tertiary alicyclic amines) is 1. The minimum Gasteiger partial charge on any atom is -0.480 e. The molecule has 1 fully saturated rings. The second-order valence-electron chi connectivity index (χ2n) is 3.80. The number of β-amino-alcohol motifs (C(OH)–C–C–N with tert-alkyl or cyclic N) is 1. The quantitative estimate of drug-likeness (QED) is 0.839. The lowest BCUT2D eigenvalue weighted by Crippen LogP contribution is -2.40. The maximum absolute atomic E-state index is 12.0. The average Bonchev–Trinajstić information content (AvgIpc) is 2.83. The summed E-state index contributed by atoms with van der Waals surface area (Å²) >= 11 is 3.06. The number of rotatable bonds is 2. The van der Waals surface area contributed by atoms with E-state index >= 15 is 0 Å². The van der Waals surface area contributed by atoms with Crippen LogP contribution in [0.2, 0.25) is 0 Å². The average molecular weight is 304 g/mol. The highest BCUT2D eigenvalue weighted by atomic mass is 79.9. The highest BCUT2D eigenvalue weighted by molar-refractivity contribution is 9.10. The molecule has 2 unspecified atom stereocenters. The van der Waals surface area contributed by atoms with Crippen LogP contribution < -0.4 is 0 Å². The molecule has 0 saturated carbocycles. The Labute approximate surface area is 105 Å². The van der Waals surface area contributed by atoms with E-state index < -0.39 is 24.0 Å². The molecule has 0 aliphatic carbocycles. The van der Waals surface area contributed by atoms with Gasteiger partial charge < -0.3 is 19.5 Å². The molecule has 1 aromatic heterocycles. The lowest BCUT2D eigenvalue weighted by Gasteiger charge is -2.19. The highest BCUT2D eigenvalue weighted by Crippen LogP contribution is 2.23. The van der Waals surface area contributed by atoms with E-state index in [1.807, 2.05) is 0 Å². The number of carbonyl (C=O) groups is 2. The monoisotopic (exact) mass is 303 g/mol. The van der Waals surface area contributed by atoms with Crippen molar-refractivity contribution in [2.24, 2.45) is 0 Å². The Hall–Kier alpha value is -1.34. The van der Waals surface area contributed by atoms with E-state index in [9.17, 15) is 14.7 Å². The number of aliphatic carboxylic acids is 1. The summed E-state index contributed by atoms with van der Waals surface area (Å²) in [4.78, 5) is 24.0. The minimum absolute atomic E-state index is 0.00805. The first kappa shape index (κ1) is 12.1. The van der Waals surface area contributed by atoms with Gasteiger partial charge in [0, 0.05) is 13.0 Å². The van der Waals surface area contributed by atoms with Crippen LogP contribution in [-0.4, -0.2) is 45.7 Å². The van der Waals surface area contributed by atoms with Crippen LogP contribution in [0.3, 0.4) is 0 Å². The molecule has 1 saturated heterocycles. The summed E-state index contributed by atoms with van der Waals surface area (Å²) in [6.45, 7) is 0.00805. The molecule has 2 heterocycles. The van der Waals surface area contributed by atoms with Gasteiger partial charge in [-0.1, -0.05) is 0 Å². The van der Waals surface area contributed by atoms with E-state index in [-0.39, 0.29) is 18.7 Å². The van der Waals surface area contributed by atoms with Gasteiger partial charge >= 0.3 is 5.97 Å². The van der Waals surface area contributed by atoms with Crippen LogP contribution in [0.25, 0.3) is 0 Å². The normalized spacial score (nSPS) is 24.0. The first-order valence-corrected chi connectivity index (χ1v) is 5.75. The fraction of sp³-hybridized carbons (Fsp3) is 0.400. The molecule has 0 bridgehead atoms. The maximum atomic E-state index is 12.0. The molecule has 92 valence electrons. The SMILES string of the molecule is O=C(O)C1CC(O)CN1C(=O)c1ccc(Br)o1. The second-order valence-corrected chi connectivity index (χ2v) is 4.59. The van der Waals surface area contributed by atoms with Crippen molar-refractivity contribution in [3.8, 4) is 0 Å². The summed E-state index contributed by atoms with van der Waals surface area (Å²) in [6, 6.07) is 2.01. The van der Waals surface area contributed by atoms with Crippen molar-refractivity contribution in [2.75, 3.05) is 6.54 Å². The Morgan fingerprint density at radius 1 is 1.47 bits per heavy atom. The van der Waals surface area contributed by atoms with Crippen molar-refractivity contribution in [3.63, 3.8) is 0 Å². The Balaban J connectivity index is 2.21. The molecule has 0 radical (unpaired) electrons. The van der Waals surface area contributed by atoms with Gasteiger partial charge in [0.15, 0.2) is 10.4 Å². The van der Waals surface area contributed by atoms with Crippen LogP contribution in [0, 0.1) is 0 Å². The molecule has 1 aliphatic heterocycles. The van der Waals surface area contributed by atoms with Gasteiger partial charge in [0.1, 0.15) is 6.04 Å². The summed E-state index contributed by atoms with van der Waals surface area (Å²) in [5.41, 5.74) is 0. The zero-order chi connectivity index (χ0) is 12.6. The second kappa shape index (κ2) is 4.50. The summed E-state index contributed by atoms with van der Waals surface area (Å²) in [5.74, 6) is -1.60. The molecule has 17 heavy (non-hydrogen) atoms. The van der Waals surface area contributed by atoms with E-state index in [1.54, 1.807) is 6.07 Å². The van der Waals surface area contributed by atoms with Gasteiger partial charge in [0.2, 0.25) is 0 Å². The third-order valence-electron chi connectivity index (χ3n) is 2.61. The van der Waals surface area contributed by atoms with Gasteiger partial charge in [-0.2, -0.15) is 0 Å². The van der Waals surface area contributed by atoms with Crippen molar-refractivity contribution in [3.05, 3.63) is 22.6 Å². The van der Waals surface area contributed by atoms with E-state index in [0.29, 0.717) is 4.67 Å². The molecule has 6 nitrogen and oxygen atoms in total. The predicted octanol–water partition coefficient (Wildman–Crippen LogP) is 0.702. The van der Waals surface area contributed by atoms with E-state index in [2.05, 4.69) is 15.9 Å². The lowest BCUT2D eigenvalue weighted by atomic mass is 10.2. The first-order chi connectivity index (χ1) is 7.99. The molecular weight excluding hydrogens is 294 g/mol. The summed E-state index contributed by atoms with van der Waals surface area (Å²) in [5, 5.41) is 18.4. The number of carboxylic acid groups (broad SMARTS) is 1. The van der Waals surface area contributed by atoms with Gasteiger partial charge in [-0.15, -0.1) is 0 Å². The third-order valence-corrected chi connectivity index (χ3v) is 3.04. The van der Waals surface area contributed by atoms with Crippen molar-refractivity contribution in [1.29, 1.82) is 0 Å². The van der Waals surface area contributed by atoms with Gasteiger partial charge in [-0.25, -0.2) is 4.79 Å². The fourth-order valence-corrected chi connectivity index (χ4v) is 2.15. The van der Waals surface area contributed by atoms with Crippen LogP contribution in [-0.2, 0) is 4.79 Å². The number of carboxylic acids is 1. The first-order valence-electron chi connectivity index (χ1n) is 4.96. The maximum Gasteiger partial charge on any atom is 0.326 e. The molecule has 0 spiro atoms. The lowest BCUT2D eigenvalue weighted by molar-refractivity contribution is -0.141. The van der Waals surface area contributed by atoms with E-state index in [0.717, 1.165) is 4.90 Å². The zero-order valence-electron chi connectivity index (χ0n) is 8.67. The Morgan fingerprint density at radius 2 is 2.18 bits per heavy atom. The number of amides is 1. The number of aliphatic hydroxyl groups excluding tert-OH is 1. The number of furan rings is 1. The van der Waals surface area contributed by atoms with Gasteiger partial charge in [0.05, 0.1) is 6.10 Å². The van der Waals surface area contributed by atoms with Crippen LogP contribution in [0.4, 0.5) is 0 Å². The summed E-state index contributed by atoms with van der Waals surface area (Å²) in [7, 11) is 0. The molecule has 7 heteroatoms. The number of halogens is 1. The van der Waals surface area contributed by atoms with Crippen LogP contribution in [0.5, 0.6) is 0 Å². The Morgan fingerprint density at radius 3 is 2.71 bits per heavy atom. The number of hydrogen-bond donors (Lipinski definition) is 2. The highest BCUT2D eigenvalue weighted by Gasteiger charge is 2.40. The van der Waals surface area contributed by atoms with Crippen molar-refractivity contribution >= 4 is 27.8 Å². The molecule has 0 aromatic carbocycles. The van der Waals surface area contributed by atoms with Crippen molar-refractivity contribution in [2.45, 2.75) is 18.6 Å². The van der Waals surface area contributed by atoms with Crippen molar-refractivity contribution in [1.82, 2.24) is 4.90 Å². The van der Waals surface area contributed by atoms with Gasteiger partial charge in [0.25, 0.3) is 5.91 Å². The van der Waals surface area contributed by atoms with E-state index in [4.69, 9.17) is 9.52 Å². The number of aliphatic hydroxyl groups is 1. The molecule has 1 aromatic rings. The standard InChI is InChI=1S/C10H10BrNO5/c11-8-2-1-7(17-8)9(14)12-4-5(13)3-6(12)10(15)16/h1-2,5-6,13H,3-4H2,(H,15,16). The Kier molecular flexibility index (Phi) is 3.21. The molecule has 1 aliphatic rings. The van der Waals surface area contributed by atoms with Crippen molar-refractivity contribution < 1.29 is 24.2 Å². The van der Waals surface area contributed by atoms with E-state index in [1.165, 1.54) is 6.07 Å². The Bertz CT molecular complexity index is 457. The van der Waals surface area contributed by atoms with Gasteiger partial charge in [-0.05, 0) is 28.1 Å².